The van der Waals surface area contributed by atoms with Crippen molar-refractivity contribution in [2.24, 2.45) is 0 Å². The third-order valence-corrected chi connectivity index (χ3v) is 5.26. The van der Waals surface area contributed by atoms with Gasteiger partial charge in [-0.1, -0.05) is 54.6 Å². The second kappa shape index (κ2) is 12.2. The molecule has 0 saturated carbocycles. The first-order chi connectivity index (χ1) is 17.2. The van der Waals surface area contributed by atoms with E-state index in [4.69, 9.17) is 4.74 Å². The fourth-order valence-corrected chi connectivity index (χ4v) is 3.50. The fourth-order valence-electron chi connectivity index (χ4n) is 3.50. The van der Waals surface area contributed by atoms with Crippen molar-refractivity contribution in [2.75, 3.05) is 18.5 Å². The van der Waals surface area contributed by atoms with Crippen molar-refractivity contribution < 1.29 is 32.9 Å². The highest BCUT2D eigenvalue weighted by molar-refractivity contribution is 6.00. The van der Waals surface area contributed by atoms with E-state index in [0.717, 1.165) is 17.7 Å². The predicted molar refractivity (Wildman–Crippen MR) is 132 cm³/mol. The molecule has 0 saturated heterocycles. The van der Waals surface area contributed by atoms with Gasteiger partial charge in [0.05, 0.1) is 18.8 Å². The first-order valence-corrected chi connectivity index (χ1v) is 11.2. The summed E-state index contributed by atoms with van der Waals surface area (Å²) in [4.78, 5) is 12.5. The van der Waals surface area contributed by atoms with Crippen molar-refractivity contribution in [3.8, 4) is 5.75 Å². The van der Waals surface area contributed by atoms with E-state index in [1.54, 1.807) is 54.6 Å². The van der Waals surface area contributed by atoms with Crippen LogP contribution in [-0.2, 0) is 11.0 Å². The number of alkyl halides is 3. The number of allylic oxidation sites excluding steroid dienone is 2. The predicted octanol–water partition coefficient (Wildman–Crippen LogP) is 5.76. The Morgan fingerprint density at radius 2 is 1.61 bits per heavy atom. The van der Waals surface area contributed by atoms with Crippen LogP contribution in [0.15, 0.2) is 91.0 Å². The Kier molecular flexibility index (Phi) is 9.05. The second-order valence-corrected chi connectivity index (χ2v) is 7.75. The molecule has 0 bridgehead atoms. The van der Waals surface area contributed by atoms with Crippen molar-refractivity contribution in [1.29, 1.82) is 0 Å². The molecule has 36 heavy (non-hydrogen) atoms. The van der Waals surface area contributed by atoms with Gasteiger partial charge in [-0.25, -0.2) is 0 Å². The molecular formula is C28H26F3NO4. The smallest absolute Gasteiger partial charge is 0.416 e. The summed E-state index contributed by atoms with van der Waals surface area (Å²) in [5.41, 5.74) is 1.83. The topological polar surface area (TPSA) is 78.8 Å². The maximum atomic E-state index is 13.0. The van der Waals surface area contributed by atoms with E-state index in [1.165, 1.54) is 24.3 Å². The molecule has 3 rings (SSSR count). The van der Waals surface area contributed by atoms with Gasteiger partial charge < -0.3 is 20.3 Å². The van der Waals surface area contributed by atoms with Crippen molar-refractivity contribution >= 4 is 17.2 Å². The lowest BCUT2D eigenvalue weighted by Gasteiger charge is -2.13. The minimum absolute atomic E-state index is 0.354. The van der Waals surface area contributed by atoms with Gasteiger partial charge in [0.25, 0.3) is 0 Å². The van der Waals surface area contributed by atoms with Crippen molar-refractivity contribution in [3.05, 3.63) is 113 Å². The average molecular weight is 498 g/mol. The Bertz CT molecular complexity index is 1220. The van der Waals surface area contributed by atoms with Crippen LogP contribution in [0, 0.1) is 0 Å². The summed E-state index contributed by atoms with van der Waals surface area (Å²) in [6, 6.07) is 18.4. The van der Waals surface area contributed by atoms with Gasteiger partial charge in [-0.3, -0.25) is 4.79 Å². The molecule has 1 unspecified atom stereocenters. The standard InChI is InChI=1S/C28H26F3NO4/c1-2-36-22-16-12-20(13-17-22)23(19-10-14-21(15-11-19)28(29,30)31)7-5-9-27(35)32-25-8-4-3-6-24(25)26(34)18-33/h3-17,26,33-34H,2,18H2,1H3,(H,32,35)/b9-5+,23-7-. The highest BCUT2D eigenvalue weighted by Crippen LogP contribution is 2.32. The molecule has 3 aromatic rings. The largest absolute Gasteiger partial charge is 0.494 e. The van der Waals surface area contributed by atoms with Crippen LogP contribution in [0.2, 0.25) is 0 Å². The minimum Gasteiger partial charge on any atom is -0.494 e. The summed E-state index contributed by atoms with van der Waals surface area (Å²) in [7, 11) is 0. The van der Waals surface area contributed by atoms with Crippen molar-refractivity contribution in [1.82, 2.24) is 0 Å². The van der Waals surface area contributed by atoms with Gasteiger partial charge in [0.1, 0.15) is 11.9 Å². The third kappa shape index (κ3) is 7.07. The number of aliphatic hydroxyl groups is 2. The maximum absolute atomic E-state index is 13.0. The van der Waals surface area contributed by atoms with Crippen LogP contribution in [0.4, 0.5) is 18.9 Å². The number of halogens is 3. The normalized spacial score (nSPS) is 13.0. The molecular weight excluding hydrogens is 471 g/mol. The molecule has 1 amide bonds. The van der Waals surface area contributed by atoms with Crippen LogP contribution in [0.25, 0.3) is 5.57 Å². The molecule has 0 aliphatic heterocycles. The molecule has 3 aromatic carbocycles. The zero-order valence-corrected chi connectivity index (χ0v) is 19.5. The number of carbonyl (C=O) groups is 1. The Hall–Kier alpha value is -3.88. The number of benzene rings is 3. The second-order valence-electron chi connectivity index (χ2n) is 7.75. The van der Waals surface area contributed by atoms with E-state index in [9.17, 15) is 28.2 Å². The monoisotopic (exact) mass is 497 g/mol. The van der Waals surface area contributed by atoms with Gasteiger partial charge in [0, 0.05) is 17.3 Å². The van der Waals surface area contributed by atoms with Crippen LogP contribution < -0.4 is 10.1 Å². The zero-order valence-electron chi connectivity index (χ0n) is 19.5. The van der Waals surface area contributed by atoms with E-state index in [-0.39, 0.29) is 0 Å². The van der Waals surface area contributed by atoms with Crippen LogP contribution in [-0.4, -0.2) is 29.3 Å². The molecule has 5 nitrogen and oxygen atoms in total. The van der Waals surface area contributed by atoms with Gasteiger partial charge in [-0.15, -0.1) is 0 Å². The van der Waals surface area contributed by atoms with Crippen molar-refractivity contribution in [2.45, 2.75) is 19.2 Å². The summed E-state index contributed by atoms with van der Waals surface area (Å²) in [5.74, 6) is 0.175. The van der Waals surface area contributed by atoms with Gasteiger partial charge >= 0.3 is 6.18 Å². The molecule has 1 atom stereocenters. The van der Waals surface area contributed by atoms with Crippen LogP contribution in [0.3, 0.4) is 0 Å². The first kappa shape index (κ1) is 26.7. The molecule has 0 radical (unpaired) electrons. The molecule has 0 fully saturated rings. The van der Waals surface area contributed by atoms with Gasteiger partial charge in [0.2, 0.25) is 5.91 Å². The van der Waals surface area contributed by atoms with E-state index in [0.29, 0.717) is 34.7 Å². The number of aliphatic hydroxyl groups excluding tert-OH is 2. The van der Waals surface area contributed by atoms with Crippen LogP contribution in [0.1, 0.15) is 35.3 Å². The molecule has 0 heterocycles. The Labute approximate surface area is 207 Å². The zero-order chi connectivity index (χ0) is 26.1. The SMILES string of the molecule is CCOc1ccc(/C(=C\C=C\C(=O)Nc2ccccc2C(O)CO)c2ccc(C(F)(F)F)cc2)cc1. The third-order valence-electron chi connectivity index (χ3n) is 5.26. The number of ether oxygens (including phenoxy) is 1. The summed E-state index contributed by atoms with van der Waals surface area (Å²) < 4.78 is 44.5. The summed E-state index contributed by atoms with van der Waals surface area (Å²) in [5, 5.41) is 21.8. The van der Waals surface area contributed by atoms with Gasteiger partial charge in [0.15, 0.2) is 0 Å². The number of carbonyl (C=O) groups excluding carboxylic acids is 1. The summed E-state index contributed by atoms with van der Waals surface area (Å²) >= 11 is 0. The molecule has 8 heteroatoms. The lowest BCUT2D eigenvalue weighted by Crippen LogP contribution is -2.12. The highest BCUT2D eigenvalue weighted by atomic mass is 19.4. The Morgan fingerprint density at radius 3 is 2.19 bits per heavy atom. The van der Waals surface area contributed by atoms with E-state index in [2.05, 4.69) is 5.32 Å². The van der Waals surface area contributed by atoms with Crippen LogP contribution in [0.5, 0.6) is 5.75 Å². The number of nitrogens with one attached hydrogen (secondary N) is 1. The molecule has 0 aromatic heterocycles. The minimum atomic E-state index is -4.45. The summed E-state index contributed by atoms with van der Waals surface area (Å²) in [6.07, 6.45) is -1.20. The molecule has 188 valence electrons. The number of rotatable bonds is 9. The first-order valence-electron chi connectivity index (χ1n) is 11.2. The summed E-state index contributed by atoms with van der Waals surface area (Å²) in [6.45, 7) is 1.86. The Morgan fingerprint density at radius 1 is 1.00 bits per heavy atom. The molecule has 3 N–H and O–H groups in total. The van der Waals surface area contributed by atoms with Crippen LogP contribution >= 0.6 is 0 Å². The van der Waals surface area contributed by atoms with Crippen molar-refractivity contribution in [3.63, 3.8) is 0 Å². The lowest BCUT2D eigenvalue weighted by molar-refractivity contribution is -0.137. The fraction of sp³-hybridized carbons (Fsp3) is 0.179. The maximum Gasteiger partial charge on any atom is 0.416 e. The van der Waals surface area contributed by atoms with E-state index < -0.39 is 30.4 Å². The molecule has 0 aliphatic rings. The quantitative estimate of drug-likeness (QED) is 0.260. The number of para-hydroxylation sites is 1. The number of hydrogen-bond acceptors (Lipinski definition) is 4. The highest BCUT2D eigenvalue weighted by Gasteiger charge is 2.30. The molecule has 0 aliphatic carbocycles. The van der Waals surface area contributed by atoms with E-state index >= 15 is 0 Å². The van der Waals surface area contributed by atoms with E-state index in [1.807, 2.05) is 6.92 Å². The Balaban J connectivity index is 1.88. The number of hydrogen-bond donors (Lipinski definition) is 3. The number of amides is 1. The van der Waals surface area contributed by atoms with Gasteiger partial charge in [-0.05, 0) is 54.0 Å². The molecule has 0 spiro atoms. The number of anilines is 1. The van der Waals surface area contributed by atoms with Gasteiger partial charge in [-0.2, -0.15) is 13.2 Å². The average Bonchev–Trinajstić information content (AvgIpc) is 2.87. The lowest BCUT2D eigenvalue weighted by atomic mass is 9.96.